The van der Waals surface area contributed by atoms with Crippen LogP contribution in [0.25, 0.3) is 0 Å². The van der Waals surface area contributed by atoms with Crippen molar-refractivity contribution in [3.05, 3.63) is 29.8 Å². The van der Waals surface area contributed by atoms with Gasteiger partial charge in [-0.05, 0) is 23.1 Å². The molecule has 0 bridgehead atoms. The van der Waals surface area contributed by atoms with Crippen molar-refractivity contribution >= 4 is 0 Å². The molecule has 1 aromatic heterocycles. The lowest BCUT2D eigenvalue weighted by molar-refractivity contribution is 0.326. The van der Waals surface area contributed by atoms with Crippen molar-refractivity contribution in [1.82, 2.24) is 4.98 Å². The number of halogens is 1. The molecule has 0 aromatic carbocycles. The van der Waals surface area contributed by atoms with Crippen LogP contribution < -0.4 is 5.73 Å². The molecule has 2 N–H and O–H groups in total. The highest BCUT2D eigenvalue weighted by molar-refractivity contribution is 5.17. The Morgan fingerprint density at radius 1 is 1.46 bits per heavy atom. The van der Waals surface area contributed by atoms with E-state index in [0.717, 1.165) is 5.56 Å². The van der Waals surface area contributed by atoms with E-state index in [-0.39, 0.29) is 11.5 Å². The zero-order chi connectivity index (χ0) is 10.1. The standard InChI is InChI=1S/C10H15FN2/c1-10(2,3)9(12)7-4-5-13-8(11)6-7/h4-6,9H,12H2,1-3H3/t9-/m1/s1. The molecule has 1 aromatic rings. The van der Waals surface area contributed by atoms with Crippen LogP contribution in [0.2, 0.25) is 0 Å². The van der Waals surface area contributed by atoms with Gasteiger partial charge in [0.05, 0.1) is 0 Å². The van der Waals surface area contributed by atoms with Gasteiger partial charge in [-0.3, -0.25) is 0 Å². The second kappa shape index (κ2) is 3.42. The molecule has 0 unspecified atom stereocenters. The molecule has 0 spiro atoms. The number of hydrogen-bond donors (Lipinski definition) is 1. The lowest BCUT2D eigenvalue weighted by atomic mass is 9.83. The summed E-state index contributed by atoms with van der Waals surface area (Å²) in [5, 5.41) is 0. The van der Waals surface area contributed by atoms with Crippen LogP contribution in [0.4, 0.5) is 4.39 Å². The van der Waals surface area contributed by atoms with Gasteiger partial charge < -0.3 is 5.73 Å². The van der Waals surface area contributed by atoms with E-state index in [1.807, 2.05) is 20.8 Å². The van der Waals surface area contributed by atoms with Crippen LogP contribution in [-0.2, 0) is 0 Å². The molecule has 0 saturated heterocycles. The first-order chi connectivity index (χ1) is 5.91. The maximum atomic E-state index is 12.7. The maximum absolute atomic E-state index is 12.7. The van der Waals surface area contributed by atoms with Crippen LogP contribution in [0.15, 0.2) is 18.3 Å². The Morgan fingerprint density at radius 2 is 2.08 bits per heavy atom. The van der Waals surface area contributed by atoms with Gasteiger partial charge in [-0.1, -0.05) is 20.8 Å². The summed E-state index contributed by atoms with van der Waals surface area (Å²) in [5.74, 6) is -0.475. The highest BCUT2D eigenvalue weighted by Crippen LogP contribution is 2.29. The fourth-order valence-electron chi connectivity index (χ4n) is 1.11. The minimum Gasteiger partial charge on any atom is -0.324 e. The summed E-state index contributed by atoms with van der Waals surface area (Å²) in [7, 11) is 0. The summed E-state index contributed by atoms with van der Waals surface area (Å²) in [6.45, 7) is 6.07. The SMILES string of the molecule is CC(C)(C)[C@H](N)c1ccnc(F)c1. The molecule has 1 heterocycles. The summed E-state index contributed by atoms with van der Waals surface area (Å²) >= 11 is 0. The maximum Gasteiger partial charge on any atom is 0.213 e. The molecule has 13 heavy (non-hydrogen) atoms. The molecule has 0 saturated carbocycles. The highest BCUT2D eigenvalue weighted by Gasteiger charge is 2.22. The number of aromatic nitrogens is 1. The van der Waals surface area contributed by atoms with Gasteiger partial charge in [-0.2, -0.15) is 4.39 Å². The predicted molar refractivity (Wildman–Crippen MR) is 50.6 cm³/mol. The van der Waals surface area contributed by atoms with Crippen molar-refractivity contribution in [2.45, 2.75) is 26.8 Å². The van der Waals surface area contributed by atoms with Crippen molar-refractivity contribution in [2.24, 2.45) is 11.1 Å². The lowest BCUT2D eigenvalue weighted by Gasteiger charge is -2.27. The number of rotatable bonds is 1. The number of nitrogens with two attached hydrogens (primary N) is 1. The summed E-state index contributed by atoms with van der Waals surface area (Å²) < 4.78 is 12.7. The normalized spacial score (nSPS) is 14.2. The monoisotopic (exact) mass is 182 g/mol. The Morgan fingerprint density at radius 3 is 2.54 bits per heavy atom. The highest BCUT2D eigenvalue weighted by atomic mass is 19.1. The molecule has 1 atom stereocenters. The van der Waals surface area contributed by atoms with Crippen LogP contribution in [0, 0.1) is 11.4 Å². The molecular formula is C10H15FN2. The molecular weight excluding hydrogens is 167 g/mol. The summed E-state index contributed by atoms with van der Waals surface area (Å²) in [6, 6.07) is 2.97. The predicted octanol–water partition coefficient (Wildman–Crippen LogP) is 2.27. The van der Waals surface area contributed by atoms with E-state index in [4.69, 9.17) is 5.73 Å². The Hall–Kier alpha value is -0.960. The van der Waals surface area contributed by atoms with E-state index >= 15 is 0 Å². The average Bonchev–Trinajstić information content (AvgIpc) is 2.01. The first kappa shape index (κ1) is 10.1. The fourth-order valence-corrected chi connectivity index (χ4v) is 1.11. The lowest BCUT2D eigenvalue weighted by Crippen LogP contribution is -2.26. The van der Waals surface area contributed by atoms with Crippen molar-refractivity contribution in [1.29, 1.82) is 0 Å². The Bertz CT molecular complexity index is 291. The molecule has 2 nitrogen and oxygen atoms in total. The van der Waals surface area contributed by atoms with Gasteiger partial charge in [0.2, 0.25) is 5.95 Å². The molecule has 1 rings (SSSR count). The quantitative estimate of drug-likeness (QED) is 0.676. The van der Waals surface area contributed by atoms with Crippen LogP contribution in [-0.4, -0.2) is 4.98 Å². The Kier molecular flexibility index (Phi) is 2.66. The first-order valence-electron chi connectivity index (χ1n) is 4.28. The van der Waals surface area contributed by atoms with E-state index in [1.165, 1.54) is 12.3 Å². The van der Waals surface area contributed by atoms with Crippen LogP contribution in [0.3, 0.4) is 0 Å². The largest absolute Gasteiger partial charge is 0.324 e. The minimum absolute atomic E-state index is 0.0617. The number of pyridine rings is 1. The van der Waals surface area contributed by atoms with E-state index in [9.17, 15) is 4.39 Å². The molecule has 0 radical (unpaired) electrons. The van der Waals surface area contributed by atoms with Crippen LogP contribution in [0.5, 0.6) is 0 Å². The fraction of sp³-hybridized carbons (Fsp3) is 0.500. The van der Waals surface area contributed by atoms with Gasteiger partial charge in [-0.15, -0.1) is 0 Å². The van der Waals surface area contributed by atoms with Crippen molar-refractivity contribution in [2.75, 3.05) is 0 Å². The summed E-state index contributed by atoms with van der Waals surface area (Å²) in [5.41, 5.74) is 6.68. The first-order valence-corrected chi connectivity index (χ1v) is 4.28. The molecule has 72 valence electrons. The second-order valence-electron chi connectivity index (χ2n) is 4.26. The van der Waals surface area contributed by atoms with Gasteiger partial charge >= 0.3 is 0 Å². The van der Waals surface area contributed by atoms with Crippen LogP contribution >= 0.6 is 0 Å². The van der Waals surface area contributed by atoms with Crippen LogP contribution in [0.1, 0.15) is 32.4 Å². The third kappa shape index (κ3) is 2.49. The van der Waals surface area contributed by atoms with E-state index in [1.54, 1.807) is 6.07 Å². The molecule has 0 amide bonds. The Balaban J connectivity index is 2.96. The topological polar surface area (TPSA) is 38.9 Å². The van der Waals surface area contributed by atoms with Crippen molar-refractivity contribution in [3.63, 3.8) is 0 Å². The molecule has 0 aliphatic rings. The second-order valence-corrected chi connectivity index (χ2v) is 4.26. The van der Waals surface area contributed by atoms with E-state index in [2.05, 4.69) is 4.98 Å². The molecule has 3 heteroatoms. The third-order valence-electron chi connectivity index (χ3n) is 2.04. The van der Waals surface area contributed by atoms with Gasteiger partial charge in [0.15, 0.2) is 0 Å². The zero-order valence-corrected chi connectivity index (χ0v) is 8.21. The summed E-state index contributed by atoms with van der Waals surface area (Å²) in [6.07, 6.45) is 1.44. The van der Waals surface area contributed by atoms with E-state index in [0.29, 0.717) is 0 Å². The van der Waals surface area contributed by atoms with E-state index < -0.39 is 5.95 Å². The van der Waals surface area contributed by atoms with Gasteiger partial charge in [-0.25, -0.2) is 4.98 Å². The van der Waals surface area contributed by atoms with Gasteiger partial charge in [0, 0.05) is 12.2 Å². The number of nitrogens with zero attached hydrogens (tertiary/aromatic N) is 1. The third-order valence-corrected chi connectivity index (χ3v) is 2.04. The van der Waals surface area contributed by atoms with Gasteiger partial charge in [0.25, 0.3) is 0 Å². The zero-order valence-electron chi connectivity index (χ0n) is 8.21. The number of hydrogen-bond acceptors (Lipinski definition) is 2. The smallest absolute Gasteiger partial charge is 0.213 e. The van der Waals surface area contributed by atoms with Gasteiger partial charge in [0.1, 0.15) is 0 Å². The average molecular weight is 182 g/mol. The van der Waals surface area contributed by atoms with Crippen molar-refractivity contribution < 1.29 is 4.39 Å². The summed E-state index contributed by atoms with van der Waals surface area (Å²) in [4.78, 5) is 3.48. The molecule has 0 aliphatic carbocycles. The minimum atomic E-state index is -0.475. The van der Waals surface area contributed by atoms with Crippen molar-refractivity contribution in [3.8, 4) is 0 Å². The molecule has 0 aliphatic heterocycles. The Labute approximate surface area is 78.0 Å². The molecule has 0 fully saturated rings.